The molecule has 0 saturated heterocycles. The molecule has 90 valence electrons. The quantitative estimate of drug-likeness (QED) is 0.597. The maximum atomic E-state index is 14.0. The third-order valence-corrected chi connectivity index (χ3v) is 2.90. The Balaban J connectivity index is 1.96. The zero-order chi connectivity index (χ0) is 12.3. The van der Waals surface area contributed by atoms with Crippen LogP contribution in [0.3, 0.4) is 0 Å². The molecule has 17 heavy (non-hydrogen) atoms. The number of ketones is 1. The summed E-state index contributed by atoms with van der Waals surface area (Å²) >= 11 is 0. The zero-order valence-electron chi connectivity index (χ0n) is 9.32. The van der Waals surface area contributed by atoms with Gasteiger partial charge in [0.05, 0.1) is 0 Å². The van der Waals surface area contributed by atoms with Gasteiger partial charge in [-0.3, -0.25) is 4.79 Å². The molecule has 0 aliphatic heterocycles. The van der Waals surface area contributed by atoms with Crippen LogP contribution >= 0.6 is 0 Å². The highest BCUT2D eigenvalue weighted by Gasteiger charge is 2.50. The predicted octanol–water partition coefficient (Wildman–Crippen LogP) is 2.19. The van der Waals surface area contributed by atoms with Gasteiger partial charge in [-0.15, -0.1) is 0 Å². The van der Waals surface area contributed by atoms with Gasteiger partial charge in [-0.25, -0.2) is 9.18 Å². The van der Waals surface area contributed by atoms with Crippen LogP contribution in [0.2, 0.25) is 0 Å². The van der Waals surface area contributed by atoms with Crippen LogP contribution in [0.4, 0.5) is 4.39 Å². The topological polar surface area (TPSA) is 43.4 Å². The van der Waals surface area contributed by atoms with Crippen molar-refractivity contribution in [2.45, 2.75) is 31.5 Å². The molecule has 2 rings (SSSR count). The van der Waals surface area contributed by atoms with E-state index in [-0.39, 0.29) is 19.4 Å². The standard InChI is InChI=1S/C13H13FO3/c14-13(8-4-7-11(13)15)12(16)17-9-10-5-2-1-3-6-10/h1-3,5-6H,4,7-9H2. The van der Waals surface area contributed by atoms with E-state index in [4.69, 9.17) is 4.74 Å². The monoisotopic (exact) mass is 236 g/mol. The summed E-state index contributed by atoms with van der Waals surface area (Å²) in [5.41, 5.74) is -1.63. The van der Waals surface area contributed by atoms with Crippen molar-refractivity contribution in [3.8, 4) is 0 Å². The number of carbonyl (C=O) groups excluding carboxylic acids is 2. The molecule has 1 atom stereocenters. The summed E-state index contributed by atoms with van der Waals surface area (Å²) in [7, 11) is 0. The fraction of sp³-hybridized carbons (Fsp3) is 0.385. The van der Waals surface area contributed by atoms with Crippen LogP contribution in [-0.4, -0.2) is 17.4 Å². The van der Waals surface area contributed by atoms with Gasteiger partial charge >= 0.3 is 5.97 Å². The van der Waals surface area contributed by atoms with E-state index in [0.29, 0.717) is 6.42 Å². The molecular formula is C13H13FO3. The first kappa shape index (κ1) is 11.8. The molecule has 0 aromatic heterocycles. The molecule has 1 fully saturated rings. The smallest absolute Gasteiger partial charge is 0.352 e. The van der Waals surface area contributed by atoms with Crippen molar-refractivity contribution in [3.05, 3.63) is 35.9 Å². The molecule has 3 nitrogen and oxygen atoms in total. The Labute approximate surface area is 98.6 Å². The van der Waals surface area contributed by atoms with Crippen molar-refractivity contribution in [1.82, 2.24) is 0 Å². The number of alkyl halides is 1. The largest absolute Gasteiger partial charge is 0.458 e. The first-order valence-corrected chi connectivity index (χ1v) is 5.56. The van der Waals surface area contributed by atoms with Gasteiger partial charge in [-0.2, -0.15) is 0 Å². The molecular weight excluding hydrogens is 223 g/mol. The number of hydrogen-bond donors (Lipinski definition) is 0. The van der Waals surface area contributed by atoms with E-state index in [9.17, 15) is 14.0 Å². The molecule has 0 N–H and O–H groups in total. The number of Topliss-reactive ketones (excluding diaryl/α,β-unsaturated/α-hetero) is 1. The normalized spacial score (nSPS) is 23.7. The molecule has 1 aromatic carbocycles. The third kappa shape index (κ3) is 2.35. The van der Waals surface area contributed by atoms with Gasteiger partial charge in [-0.1, -0.05) is 30.3 Å². The highest BCUT2D eigenvalue weighted by Crippen LogP contribution is 2.31. The maximum absolute atomic E-state index is 14.0. The number of esters is 1. The number of benzene rings is 1. The van der Waals surface area contributed by atoms with Gasteiger partial charge < -0.3 is 4.74 Å². The maximum Gasteiger partial charge on any atom is 0.352 e. The highest BCUT2D eigenvalue weighted by atomic mass is 19.1. The van der Waals surface area contributed by atoms with E-state index >= 15 is 0 Å². The van der Waals surface area contributed by atoms with Crippen LogP contribution in [0.1, 0.15) is 24.8 Å². The fourth-order valence-corrected chi connectivity index (χ4v) is 1.88. The van der Waals surface area contributed by atoms with E-state index in [1.54, 1.807) is 24.3 Å². The second-order valence-corrected chi connectivity index (χ2v) is 4.14. The first-order valence-electron chi connectivity index (χ1n) is 5.56. The third-order valence-electron chi connectivity index (χ3n) is 2.90. The minimum atomic E-state index is -2.41. The van der Waals surface area contributed by atoms with Crippen molar-refractivity contribution < 1.29 is 18.7 Å². The van der Waals surface area contributed by atoms with Crippen molar-refractivity contribution in [3.63, 3.8) is 0 Å². The Morgan fingerprint density at radius 3 is 2.65 bits per heavy atom. The lowest BCUT2D eigenvalue weighted by Crippen LogP contribution is -2.39. The Morgan fingerprint density at radius 1 is 1.35 bits per heavy atom. The van der Waals surface area contributed by atoms with E-state index in [0.717, 1.165) is 5.56 Å². The number of carbonyl (C=O) groups is 2. The van der Waals surface area contributed by atoms with E-state index in [1.165, 1.54) is 0 Å². The fourth-order valence-electron chi connectivity index (χ4n) is 1.88. The van der Waals surface area contributed by atoms with Gasteiger partial charge in [0.2, 0.25) is 0 Å². The minimum Gasteiger partial charge on any atom is -0.458 e. The molecule has 4 heteroatoms. The zero-order valence-corrected chi connectivity index (χ0v) is 9.32. The summed E-state index contributed by atoms with van der Waals surface area (Å²) in [6, 6.07) is 8.98. The molecule has 0 bridgehead atoms. The SMILES string of the molecule is O=C1CCCC1(F)C(=O)OCc1ccccc1. The highest BCUT2D eigenvalue weighted by molar-refractivity contribution is 6.08. The van der Waals surface area contributed by atoms with Crippen LogP contribution < -0.4 is 0 Å². The Kier molecular flexibility index (Phi) is 3.22. The van der Waals surface area contributed by atoms with Crippen LogP contribution in [0.5, 0.6) is 0 Å². The number of halogens is 1. The van der Waals surface area contributed by atoms with Gasteiger partial charge in [0.15, 0.2) is 5.78 Å². The summed E-state index contributed by atoms with van der Waals surface area (Å²) in [6.07, 6.45) is 0.478. The molecule has 0 spiro atoms. The van der Waals surface area contributed by atoms with Crippen LogP contribution in [0.15, 0.2) is 30.3 Å². The Bertz CT molecular complexity index is 430. The lowest BCUT2D eigenvalue weighted by atomic mass is 10.0. The molecule has 0 amide bonds. The molecule has 0 heterocycles. The van der Waals surface area contributed by atoms with Crippen molar-refractivity contribution >= 4 is 11.8 Å². The molecule has 0 radical (unpaired) electrons. The summed E-state index contributed by atoms with van der Waals surface area (Å²) in [6.45, 7) is -0.00137. The number of rotatable bonds is 3. The summed E-state index contributed by atoms with van der Waals surface area (Å²) < 4.78 is 18.8. The first-order chi connectivity index (χ1) is 8.13. The lowest BCUT2D eigenvalue weighted by Gasteiger charge is -2.15. The lowest BCUT2D eigenvalue weighted by molar-refractivity contribution is -0.162. The predicted molar refractivity (Wildman–Crippen MR) is 58.9 cm³/mol. The van der Waals surface area contributed by atoms with E-state index in [2.05, 4.69) is 0 Å². The van der Waals surface area contributed by atoms with Crippen LogP contribution in [0.25, 0.3) is 0 Å². The molecule has 1 unspecified atom stereocenters. The summed E-state index contributed by atoms with van der Waals surface area (Å²) in [5, 5.41) is 0. The van der Waals surface area contributed by atoms with Gasteiger partial charge in [0.1, 0.15) is 6.61 Å². The van der Waals surface area contributed by atoms with Gasteiger partial charge in [0.25, 0.3) is 5.67 Å². The van der Waals surface area contributed by atoms with Crippen LogP contribution in [0, 0.1) is 0 Å². The minimum absolute atomic E-state index is 0.00137. The average Bonchev–Trinajstić information content (AvgIpc) is 2.69. The van der Waals surface area contributed by atoms with Crippen molar-refractivity contribution in [2.24, 2.45) is 0 Å². The molecule has 1 saturated carbocycles. The average molecular weight is 236 g/mol. The summed E-state index contributed by atoms with van der Waals surface area (Å²) in [4.78, 5) is 22.8. The number of hydrogen-bond acceptors (Lipinski definition) is 3. The second-order valence-electron chi connectivity index (χ2n) is 4.14. The second kappa shape index (κ2) is 4.65. The van der Waals surface area contributed by atoms with Gasteiger partial charge in [-0.05, 0) is 12.0 Å². The summed E-state index contributed by atoms with van der Waals surface area (Å²) in [5.74, 6) is -1.71. The number of ether oxygens (including phenoxy) is 1. The Morgan fingerprint density at radius 2 is 2.06 bits per heavy atom. The van der Waals surface area contributed by atoms with Crippen molar-refractivity contribution in [2.75, 3.05) is 0 Å². The van der Waals surface area contributed by atoms with Gasteiger partial charge in [0, 0.05) is 12.8 Å². The van der Waals surface area contributed by atoms with E-state index in [1.807, 2.05) is 6.07 Å². The van der Waals surface area contributed by atoms with E-state index < -0.39 is 17.4 Å². The molecule has 1 aromatic rings. The Hall–Kier alpha value is -1.71. The van der Waals surface area contributed by atoms with Crippen LogP contribution in [-0.2, 0) is 20.9 Å². The molecule has 1 aliphatic rings. The molecule has 1 aliphatic carbocycles. The van der Waals surface area contributed by atoms with Crippen molar-refractivity contribution in [1.29, 1.82) is 0 Å².